The SMILES string of the molecule is Cn1ccnc1SCc1csc(/C=N\NC(N)=O)c1. The Bertz CT molecular complexity index is 589. The molecule has 2 amide bonds. The molecule has 0 spiro atoms. The third-order valence-electron chi connectivity index (χ3n) is 2.19. The molecule has 0 aliphatic rings. The Labute approximate surface area is 118 Å². The summed E-state index contributed by atoms with van der Waals surface area (Å²) in [5.74, 6) is 0.846. The fourth-order valence-corrected chi connectivity index (χ4v) is 3.08. The predicted molar refractivity (Wildman–Crippen MR) is 77.4 cm³/mol. The summed E-state index contributed by atoms with van der Waals surface area (Å²) in [6.07, 6.45) is 5.28. The van der Waals surface area contributed by atoms with Crippen molar-refractivity contribution in [2.24, 2.45) is 17.9 Å². The molecule has 100 valence electrons. The van der Waals surface area contributed by atoms with Gasteiger partial charge in [0.15, 0.2) is 5.16 Å². The van der Waals surface area contributed by atoms with E-state index in [0.717, 1.165) is 15.8 Å². The first-order valence-electron chi connectivity index (χ1n) is 5.41. The van der Waals surface area contributed by atoms with Crippen LogP contribution >= 0.6 is 23.1 Å². The average Bonchev–Trinajstić information content (AvgIpc) is 2.95. The fourth-order valence-electron chi connectivity index (χ4n) is 1.34. The Morgan fingerprint density at radius 3 is 3.26 bits per heavy atom. The van der Waals surface area contributed by atoms with Crippen molar-refractivity contribution >= 4 is 35.3 Å². The summed E-state index contributed by atoms with van der Waals surface area (Å²) in [5, 5.41) is 6.76. The van der Waals surface area contributed by atoms with Crippen LogP contribution in [0, 0.1) is 0 Å². The normalized spacial score (nSPS) is 11.0. The lowest BCUT2D eigenvalue weighted by atomic mass is 10.3. The summed E-state index contributed by atoms with van der Waals surface area (Å²) in [6, 6.07) is 1.35. The first kappa shape index (κ1) is 13.6. The van der Waals surface area contributed by atoms with Crippen molar-refractivity contribution < 1.29 is 4.79 Å². The van der Waals surface area contributed by atoms with E-state index in [4.69, 9.17) is 5.73 Å². The van der Waals surface area contributed by atoms with Gasteiger partial charge in [0.2, 0.25) is 0 Å². The van der Waals surface area contributed by atoms with Crippen LogP contribution in [0.4, 0.5) is 4.79 Å². The van der Waals surface area contributed by atoms with Crippen LogP contribution in [-0.4, -0.2) is 21.8 Å². The Balaban J connectivity index is 1.89. The van der Waals surface area contributed by atoms with Crippen LogP contribution < -0.4 is 11.2 Å². The molecule has 0 radical (unpaired) electrons. The number of aromatic nitrogens is 2. The highest BCUT2D eigenvalue weighted by molar-refractivity contribution is 7.98. The summed E-state index contributed by atoms with van der Waals surface area (Å²) in [7, 11) is 1.97. The van der Waals surface area contributed by atoms with Crippen LogP contribution in [0.2, 0.25) is 0 Å². The number of imidazole rings is 1. The van der Waals surface area contributed by atoms with Crippen LogP contribution in [0.15, 0.2) is 34.1 Å². The van der Waals surface area contributed by atoms with Crippen LogP contribution in [0.25, 0.3) is 0 Å². The first-order chi connectivity index (χ1) is 9.15. The lowest BCUT2D eigenvalue weighted by Gasteiger charge is -1.99. The maximum atomic E-state index is 10.4. The van der Waals surface area contributed by atoms with Gasteiger partial charge in [-0.25, -0.2) is 15.2 Å². The Morgan fingerprint density at radius 2 is 2.58 bits per heavy atom. The summed E-state index contributed by atoms with van der Waals surface area (Å²) in [5.41, 5.74) is 8.26. The molecule has 2 rings (SSSR count). The number of carbonyl (C=O) groups is 1. The fraction of sp³-hybridized carbons (Fsp3) is 0.182. The second kappa shape index (κ2) is 6.39. The van der Waals surface area contributed by atoms with Crippen LogP contribution in [-0.2, 0) is 12.8 Å². The number of nitrogens with two attached hydrogens (primary N) is 1. The van der Waals surface area contributed by atoms with E-state index in [1.165, 1.54) is 5.56 Å². The molecule has 0 aliphatic carbocycles. The van der Waals surface area contributed by atoms with Crippen molar-refractivity contribution in [2.75, 3.05) is 0 Å². The number of urea groups is 1. The highest BCUT2D eigenvalue weighted by Gasteiger charge is 2.03. The van der Waals surface area contributed by atoms with Gasteiger partial charge < -0.3 is 10.3 Å². The molecule has 0 bridgehead atoms. The van der Waals surface area contributed by atoms with E-state index >= 15 is 0 Å². The molecule has 0 atom stereocenters. The van der Waals surface area contributed by atoms with E-state index in [1.54, 1.807) is 35.5 Å². The Kier molecular flexibility index (Phi) is 4.58. The number of thiophene rings is 1. The zero-order valence-electron chi connectivity index (χ0n) is 10.2. The van der Waals surface area contributed by atoms with Crippen molar-refractivity contribution in [3.63, 3.8) is 0 Å². The number of rotatable bonds is 5. The first-order valence-corrected chi connectivity index (χ1v) is 7.27. The minimum atomic E-state index is -0.668. The standard InChI is InChI=1S/C11H13N5OS2/c1-16-3-2-13-11(16)19-7-8-4-9(18-6-8)5-14-15-10(12)17/h2-6H,7H2,1H3,(H3,12,15,17)/b14-5-. The quantitative estimate of drug-likeness (QED) is 0.501. The van der Waals surface area contributed by atoms with E-state index in [2.05, 4.69) is 20.9 Å². The molecular formula is C11H13N5OS2. The van der Waals surface area contributed by atoms with Crippen molar-refractivity contribution in [1.29, 1.82) is 0 Å². The van der Waals surface area contributed by atoms with Gasteiger partial charge in [-0.05, 0) is 17.0 Å². The van der Waals surface area contributed by atoms with Gasteiger partial charge in [0.25, 0.3) is 0 Å². The number of nitrogens with zero attached hydrogens (tertiary/aromatic N) is 3. The third kappa shape index (κ3) is 4.11. The monoisotopic (exact) mass is 295 g/mol. The molecule has 0 saturated heterocycles. The van der Waals surface area contributed by atoms with E-state index in [1.807, 2.05) is 23.9 Å². The maximum absolute atomic E-state index is 10.4. The number of carbonyl (C=O) groups excluding carboxylic acids is 1. The van der Waals surface area contributed by atoms with Crippen LogP contribution in [0.5, 0.6) is 0 Å². The minimum absolute atomic E-state index is 0.668. The summed E-state index contributed by atoms with van der Waals surface area (Å²) in [6.45, 7) is 0. The van der Waals surface area contributed by atoms with Crippen molar-refractivity contribution in [2.45, 2.75) is 10.9 Å². The molecule has 0 unspecified atom stereocenters. The Morgan fingerprint density at radius 1 is 1.74 bits per heavy atom. The maximum Gasteiger partial charge on any atom is 0.332 e. The zero-order valence-corrected chi connectivity index (χ0v) is 11.9. The van der Waals surface area contributed by atoms with Gasteiger partial charge in [-0.2, -0.15) is 5.10 Å². The van der Waals surface area contributed by atoms with E-state index in [9.17, 15) is 4.79 Å². The Hall–Kier alpha value is -1.80. The van der Waals surface area contributed by atoms with Gasteiger partial charge in [-0.1, -0.05) is 11.8 Å². The number of nitrogens with one attached hydrogen (secondary N) is 1. The number of primary amides is 1. The summed E-state index contributed by atoms with van der Waals surface area (Å²) < 4.78 is 1.98. The summed E-state index contributed by atoms with van der Waals surface area (Å²) >= 11 is 3.23. The number of amides is 2. The number of thioether (sulfide) groups is 1. The number of hydrazone groups is 1. The highest BCUT2D eigenvalue weighted by atomic mass is 32.2. The zero-order chi connectivity index (χ0) is 13.7. The average molecular weight is 295 g/mol. The van der Waals surface area contributed by atoms with Crippen LogP contribution in [0.1, 0.15) is 10.4 Å². The van der Waals surface area contributed by atoms with Gasteiger partial charge in [-0.3, -0.25) is 0 Å². The van der Waals surface area contributed by atoms with Crippen molar-refractivity contribution in [3.8, 4) is 0 Å². The van der Waals surface area contributed by atoms with Gasteiger partial charge in [0.05, 0.1) is 6.21 Å². The van der Waals surface area contributed by atoms with E-state index < -0.39 is 6.03 Å². The lowest BCUT2D eigenvalue weighted by molar-refractivity contribution is 0.249. The molecular weight excluding hydrogens is 282 g/mol. The van der Waals surface area contributed by atoms with Crippen LogP contribution in [0.3, 0.4) is 0 Å². The molecule has 8 heteroatoms. The third-order valence-corrected chi connectivity index (χ3v) is 4.23. The number of hydrogen-bond donors (Lipinski definition) is 2. The van der Waals surface area contributed by atoms with Crippen molar-refractivity contribution in [3.05, 3.63) is 34.3 Å². The number of aryl methyl sites for hydroxylation is 1. The topological polar surface area (TPSA) is 85.3 Å². The molecule has 19 heavy (non-hydrogen) atoms. The molecule has 6 nitrogen and oxygen atoms in total. The molecule has 2 aromatic rings. The van der Waals surface area contributed by atoms with Crippen molar-refractivity contribution in [1.82, 2.24) is 15.0 Å². The van der Waals surface area contributed by atoms with E-state index in [0.29, 0.717) is 0 Å². The summed E-state index contributed by atoms with van der Waals surface area (Å²) in [4.78, 5) is 15.7. The molecule has 0 saturated carbocycles. The molecule has 0 aliphatic heterocycles. The molecule has 2 aromatic heterocycles. The second-order valence-electron chi connectivity index (χ2n) is 3.70. The molecule has 3 N–H and O–H groups in total. The van der Waals surface area contributed by atoms with Gasteiger partial charge in [-0.15, -0.1) is 11.3 Å². The van der Waals surface area contributed by atoms with E-state index in [-0.39, 0.29) is 0 Å². The molecule has 2 heterocycles. The molecule has 0 fully saturated rings. The second-order valence-corrected chi connectivity index (χ2v) is 5.59. The highest BCUT2D eigenvalue weighted by Crippen LogP contribution is 2.23. The number of hydrogen-bond acceptors (Lipinski definition) is 5. The largest absolute Gasteiger partial charge is 0.350 e. The van der Waals surface area contributed by atoms with Gasteiger partial charge in [0, 0.05) is 30.1 Å². The van der Waals surface area contributed by atoms with Gasteiger partial charge >= 0.3 is 6.03 Å². The predicted octanol–water partition coefficient (Wildman–Crippen LogP) is 1.78. The lowest BCUT2D eigenvalue weighted by Crippen LogP contribution is -2.24. The molecule has 0 aromatic carbocycles. The minimum Gasteiger partial charge on any atom is -0.350 e. The van der Waals surface area contributed by atoms with Gasteiger partial charge in [0.1, 0.15) is 0 Å². The smallest absolute Gasteiger partial charge is 0.332 e.